The molecule has 0 bridgehead atoms. The molecule has 0 radical (unpaired) electrons. The number of anilines is 2. The number of hydrogen-bond acceptors (Lipinski definition) is 4. The van der Waals surface area contributed by atoms with E-state index in [9.17, 15) is 10.2 Å². The molecule has 4 nitrogen and oxygen atoms in total. The highest BCUT2D eigenvalue weighted by Crippen LogP contribution is 2.57. The van der Waals surface area contributed by atoms with Crippen molar-refractivity contribution >= 4 is 11.4 Å². The van der Waals surface area contributed by atoms with E-state index in [-0.39, 0.29) is 22.9 Å². The molecule has 1 aliphatic carbocycles. The first-order chi connectivity index (χ1) is 16.7. The zero-order valence-corrected chi connectivity index (χ0v) is 19.5. The summed E-state index contributed by atoms with van der Waals surface area (Å²) >= 11 is 0. The number of aryl methyl sites for hydroxylation is 2. The highest BCUT2D eigenvalue weighted by atomic mass is 16.3. The van der Waals surface area contributed by atoms with Crippen LogP contribution in [0.4, 0.5) is 11.4 Å². The van der Waals surface area contributed by atoms with Crippen molar-refractivity contribution in [2.45, 2.75) is 19.3 Å². The molecule has 0 saturated heterocycles. The van der Waals surface area contributed by atoms with Gasteiger partial charge >= 0.3 is 0 Å². The lowest BCUT2D eigenvalue weighted by atomic mass is 9.67. The molecule has 5 rings (SSSR count). The molecule has 0 saturated carbocycles. The molecule has 6 N–H and O–H groups in total. The van der Waals surface area contributed by atoms with E-state index in [0.29, 0.717) is 11.1 Å². The lowest BCUT2D eigenvalue weighted by Crippen LogP contribution is -2.29. The van der Waals surface area contributed by atoms with Gasteiger partial charge in [0.15, 0.2) is 0 Å². The van der Waals surface area contributed by atoms with Crippen LogP contribution in [0.15, 0.2) is 60.7 Å². The van der Waals surface area contributed by atoms with Crippen LogP contribution in [0.1, 0.15) is 44.5 Å². The Morgan fingerprint density at radius 2 is 1.06 bits per heavy atom. The number of phenols is 2. The predicted octanol–water partition coefficient (Wildman–Crippen LogP) is 5.20. The molecule has 0 unspecified atom stereocenters. The van der Waals surface area contributed by atoms with Crippen molar-refractivity contribution < 1.29 is 10.2 Å². The summed E-state index contributed by atoms with van der Waals surface area (Å²) < 4.78 is 0. The summed E-state index contributed by atoms with van der Waals surface area (Å²) in [6, 6.07) is 19.3. The van der Waals surface area contributed by atoms with Gasteiger partial charge in [0.05, 0.1) is 16.8 Å². The number of phenolic OH excluding ortho intramolecular Hbond substituents is 2. The molecule has 1 aliphatic rings. The molecule has 4 heteroatoms. The fourth-order valence-electron chi connectivity index (χ4n) is 5.35. The van der Waals surface area contributed by atoms with E-state index < -0.39 is 5.41 Å². The van der Waals surface area contributed by atoms with Crippen molar-refractivity contribution in [1.29, 1.82) is 0 Å². The summed E-state index contributed by atoms with van der Waals surface area (Å²) in [5.74, 6) is 5.56. The Morgan fingerprint density at radius 1 is 0.657 bits per heavy atom. The minimum atomic E-state index is -0.843. The smallest absolute Gasteiger partial charge is 0.141 e. The number of terminal acetylenes is 2. The lowest BCUT2D eigenvalue weighted by Gasteiger charge is -2.35. The minimum absolute atomic E-state index is 0.0501. The second kappa shape index (κ2) is 7.62. The Hall–Kier alpha value is -4.80. The number of nitrogen functional groups attached to an aromatic ring is 2. The summed E-state index contributed by atoms with van der Waals surface area (Å²) in [6.07, 6.45) is 11.5. The Labute approximate surface area is 204 Å². The topological polar surface area (TPSA) is 92.5 Å². The maximum absolute atomic E-state index is 10.5. The number of fused-ring (bicyclic) bond motifs is 3. The average Bonchev–Trinajstić information content (AvgIpc) is 3.14. The first-order valence-electron chi connectivity index (χ1n) is 11.1. The molecular weight excluding hydrogens is 432 g/mol. The second-order valence-electron chi connectivity index (χ2n) is 9.02. The van der Waals surface area contributed by atoms with E-state index in [1.54, 1.807) is 12.1 Å². The van der Waals surface area contributed by atoms with Gasteiger partial charge in [0.2, 0.25) is 0 Å². The Kier molecular flexibility index (Phi) is 4.79. The summed E-state index contributed by atoms with van der Waals surface area (Å²) in [4.78, 5) is 0. The molecular formula is C31H24N2O2. The third kappa shape index (κ3) is 2.98. The maximum atomic E-state index is 10.5. The van der Waals surface area contributed by atoms with E-state index in [1.165, 1.54) is 0 Å². The summed E-state index contributed by atoms with van der Waals surface area (Å²) in [5, 5.41) is 20.9. The van der Waals surface area contributed by atoms with Gasteiger partial charge in [0.1, 0.15) is 11.5 Å². The Morgan fingerprint density at radius 3 is 1.40 bits per heavy atom. The molecule has 4 aromatic rings. The summed E-state index contributed by atoms with van der Waals surface area (Å²) in [5.41, 5.74) is 20.7. The van der Waals surface area contributed by atoms with E-state index >= 15 is 0 Å². The monoisotopic (exact) mass is 456 g/mol. The molecule has 4 aromatic carbocycles. The highest BCUT2D eigenvalue weighted by Gasteiger charge is 2.47. The molecule has 0 aliphatic heterocycles. The number of hydrogen-bond donors (Lipinski definition) is 4. The van der Waals surface area contributed by atoms with Gasteiger partial charge < -0.3 is 21.7 Å². The zero-order valence-electron chi connectivity index (χ0n) is 19.5. The van der Waals surface area contributed by atoms with Crippen LogP contribution in [-0.4, -0.2) is 10.2 Å². The van der Waals surface area contributed by atoms with Gasteiger partial charge in [-0.05, 0) is 94.8 Å². The average molecular weight is 457 g/mol. The first-order valence-corrected chi connectivity index (χ1v) is 11.1. The molecule has 0 spiro atoms. The van der Waals surface area contributed by atoms with Gasteiger partial charge in [-0.3, -0.25) is 0 Å². The fraction of sp³-hybridized carbons (Fsp3) is 0.0968. The van der Waals surface area contributed by atoms with Crippen molar-refractivity contribution in [2.75, 3.05) is 11.5 Å². The molecule has 0 aromatic heterocycles. The predicted molar refractivity (Wildman–Crippen MR) is 141 cm³/mol. The lowest BCUT2D eigenvalue weighted by molar-refractivity contribution is 0.473. The van der Waals surface area contributed by atoms with E-state index in [1.807, 2.05) is 62.4 Å². The maximum Gasteiger partial charge on any atom is 0.141 e. The van der Waals surface area contributed by atoms with Gasteiger partial charge in [-0.1, -0.05) is 36.1 Å². The van der Waals surface area contributed by atoms with Crippen LogP contribution in [-0.2, 0) is 5.41 Å². The van der Waals surface area contributed by atoms with E-state index in [0.717, 1.165) is 44.5 Å². The summed E-state index contributed by atoms with van der Waals surface area (Å²) in [7, 11) is 0. The van der Waals surface area contributed by atoms with E-state index in [4.69, 9.17) is 24.3 Å². The Balaban J connectivity index is 2.02. The van der Waals surface area contributed by atoms with Crippen LogP contribution in [0.3, 0.4) is 0 Å². The largest absolute Gasteiger partial charge is 0.506 e. The van der Waals surface area contributed by atoms with Crippen molar-refractivity contribution in [3.8, 4) is 47.3 Å². The minimum Gasteiger partial charge on any atom is -0.506 e. The molecule has 0 atom stereocenters. The number of aromatic hydroxyl groups is 2. The third-order valence-corrected chi connectivity index (χ3v) is 7.00. The van der Waals surface area contributed by atoms with Crippen LogP contribution < -0.4 is 11.5 Å². The quantitative estimate of drug-likeness (QED) is 0.167. The second-order valence-corrected chi connectivity index (χ2v) is 9.02. The fourth-order valence-corrected chi connectivity index (χ4v) is 5.35. The van der Waals surface area contributed by atoms with Gasteiger partial charge in [0.25, 0.3) is 0 Å². The molecule has 0 fully saturated rings. The first kappa shape index (κ1) is 22.0. The number of nitrogens with two attached hydrogens (primary N) is 2. The van der Waals surface area contributed by atoms with Crippen LogP contribution in [0, 0.1) is 38.5 Å². The van der Waals surface area contributed by atoms with Crippen molar-refractivity contribution in [2.24, 2.45) is 0 Å². The molecule has 0 heterocycles. The van der Waals surface area contributed by atoms with Crippen molar-refractivity contribution in [3.05, 3.63) is 105 Å². The van der Waals surface area contributed by atoms with Crippen LogP contribution in [0.25, 0.3) is 11.1 Å². The van der Waals surface area contributed by atoms with Crippen LogP contribution in [0.5, 0.6) is 11.5 Å². The number of benzene rings is 4. The van der Waals surface area contributed by atoms with E-state index in [2.05, 4.69) is 11.8 Å². The third-order valence-electron chi connectivity index (χ3n) is 7.00. The van der Waals surface area contributed by atoms with Gasteiger partial charge in [-0.15, -0.1) is 12.8 Å². The molecule has 35 heavy (non-hydrogen) atoms. The highest BCUT2D eigenvalue weighted by molar-refractivity contribution is 5.88. The molecule has 170 valence electrons. The van der Waals surface area contributed by atoms with Crippen LogP contribution >= 0.6 is 0 Å². The zero-order chi connectivity index (χ0) is 25.1. The number of rotatable bonds is 2. The van der Waals surface area contributed by atoms with Gasteiger partial charge in [-0.25, -0.2) is 0 Å². The van der Waals surface area contributed by atoms with Crippen molar-refractivity contribution in [1.82, 2.24) is 0 Å². The van der Waals surface area contributed by atoms with Gasteiger partial charge in [0, 0.05) is 11.1 Å². The molecule has 0 amide bonds. The van der Waals surface area contributed by atoms with Gasteiger partial charge in [-0.2, -0.15) is 0 Å². The Bertz CT molecular complexity index is 1460. The summed E-state index contributed by atoms with van der Waals surface area (Å²) in [6.45, 7) is 3.64. The van der Waals surface area contributed by atoms with Crippen molar-refractivity contribution in [3.63, 3.8) is 0 Å². The normalized spacial score (nSPS) is 12.9. The standard InChI is InChI=1S/C31H24N2O2/c1-5-19-7-9-25-23(13-19)24-14-20(6-2)8-10-26(24)31(25,21-11-17(3)29(34)27(32)15-21)22-12-18(4)30(35)28(33)16-22/h1-2,7-16,34-35H,32-33H2,3-4H3. The van der Waals surface area contributed by atoms with Crippen LogP contribution in [0.2, 0.25) is 0 Å². The SMILES string of the molecule is C#Cc1ccc2c(c1)-c1cc(C#C)ccc1C2(c1cc(C)c(O)c(N)c1)c1cc(C)c(O)c(N)c1.